The van der Waals surface area contributed by atoms with E-state index in [9.17, 15) is 9.90 Å². The molecule has 0 amide bonds. The molecule has 1 rings (SSSR count). The second-order valence-corrected chi connectivity index (χ2v) is 3.47. The highest BCUT2D eigenvalue weighted by molar-refractivity contribution is 5.76. The van der Waals surface area contributed by atoms with Gasteiger partial charge in [-0.3, -0.25) is 0 Å². The van der Waals surface area contributed by atoms with Crippen LogP contribution in [0.15, 0.2) is 12.1 Å². The minimum atomic E-state index is -1.62. The third-order valence-corrected chi connectivity index (χ3v) is 2.56. The third kappa shape index (κ3) is 2.50. The number of rotatable bonds is 5. The molecule has 0 saturated heterocycles. The lowest BCUT2D eigenvalue weighted by Crippen LogP contribution is -2.14. The summed E-state index contributed by atoms with van der Waals surface area (Å²) < 4.78 is 10.2. The predicted octanol–water partition coefficient (Wildman–Crippen LogP) is 1.38. The maximum atomic E-state index is 10.9. The molecule has 1 atom stereocenters. The number of carboxylic acids is 1. The number of methoxy groups -OCH3 is 2. The van der Waals surface area contributed by atoms with E-state index in [1.54, 1.807) is 12.1 Å². The first-order valence-electron chi connectivity index (χ1n) is 5.21. The van der Waals surface area contributed by atoms with Gasteiger partial charge in [-0.15, -0.1) is 0 Å². The van der Waals surface area contributed by atoms with Gasteiger partial charge in [0.1, 0.15) is 0 Å². The first-order chi connectivity index (χ1) is 8.06. The van der Waals surface area contributed by atoms with Gasteiger partial charge in [-0.25, -0.2) is 4.79 Å². The lowest BCUT2D eigenvalue weighted by atomic mass is 9.98. The summed E-state index contributed by atoms with van der Waals surface area (Å²) in [5, 5.41) is 18.6. The molecule has 1 aromatic carbocycles. The number of carbonyl (C=O) groups is 1. The monoisotopic (exact) mass is 240 g/mol. The van der Waals surface area contributed by atoms with Crippen molar-refractivity contribution in [1.29, 1.82) is 0 Å². The smallest absolute Gasteiger partial charge is 0.337 e. The van der Waals surface area contributed by atoms with E-state index in [1.807, 2.05) is 6.92 Å². The second-order valence-electron chi connectivity index (χ2n) is 3.47. The predicted molar refractivity (Wildman–Crippen MR) is 61.5 cm³/mol. The van der Waals surface area contributed by atoms with Crippen LogP contribution in [0, 0.1) is 0 Å². The van der Waals surface area contributed by atoms with Crippen LogP contribution < -0.4 is 9.47 Å². The fourth-order valence-electron chi connectivity index (χ4n) is 1.72. The number of hydrogen-bond donors (Lipinski definition) is 2. The van der Waals surface area contributed by atoms with Gasteiger partial charge in [0.2, 0.25) is 0 Å². The number of hydrogen-bond acceptors (Lipinski definition) is 4. The van der Waals surface area contributed by atoms with Crippen molar-refractivity contribution >= 4 is 5.97 Å². The van der Waals surface area contributed by atoms with Crippen molar-refractivity contribution in [2.24, 2.45) is 0 Å². The first-order valence-corrected chi connectivity index (χ1v) is 5.21. The second kappa shape index (κ2) is 5.54. The van der Waals surface area contributed by atoms with Crippen LogP contribution in [0.1, 0.15) is 24.2 Å². The van der Waals surface area contributed by atoms with Crippen LogP contribution >= 0.6 is 0 Å². The molecule has 5 nitrogen and oxygen atoms in total. The third-order valence-electron chi connectivity index (χ3n) is 2.56. The zero-order valence-corrected chi connectivity index (χ0v) is 10.1. The molecule has 0 fully saturated rings. The number of ether oxygens (including phenoxy) is 2. The van der Waals surface area contributed by atoms with Crippen LogP contribution in [0.25, 0.3) is 0 Å². The Labute approximate surface area is 99.6 Å². The zero-order valence-electron chi connectivity index (χ0n) is 10.1. The Kier molecular flexibility index (Phi) is 4.34. The Hall–Kier alpha value is -1.75. The molecule has 17 heavy (non-hydrogen) atoms. The van der Waals surface area contributed by atoms with Crippen molar-refractivity contribution in [2.45, 2.75) is 19.4 Å². The number of aliphatic hydroxyl groups excluding tert-OH is 1. The molecule has 2 N–H and O–H groups in total. The summed E-state index contributed by atoms with van der Waals surface area (Å²) in [6.45, 7) is 1.87. The highest BCUT2D eigenvalue weighted by Gasteiger charge is 2.25. The molecule has 0 spiro atoms. The van der Waals surface area contributed by atoms with Crippen molar-refractivity contribution in [3.8, 4) is 11.5 Å². The number of carboxylic acid groups (broad SMARTS) is 1. The molecule has 1 aromatic rings. The number of benzene rings is 1. The molecular formula is C12H16O5. The van der Waals surface area contributed by atoms with E-state index in [2.05, 4.69) is 0 Å². The summed E-state index contributed by atoms with van der Waals surface area (Å²) in [7, 11) is 2.87. The molecule has 0 aliphatic heterocycles. The van der Waals surface area contributed by atoms with Crippen LogP contribution in [0.4, 0.5) is 0 Å². The molecular weight excluding hydrogens is 224 g/mol. The van der Waals surface area contributed by atoms with Gasteiger partial charge in [-0.05, 0) is 18.1 Å². The van der Waals surface area contributed by atoms with E-state index in [1.165, 1.54) is 14.2 Å². The largest absolute Gasteiger partial charge is 0.493 e. The van der Waals surface area contributed by atoms with Crippen LogP contribution in [0.3, 0.4) is 0 Å². The summed E-state index contributed by atoms with van der Waals surface area (Å²) >= 11 is 0. The number of aliphatic carboxylic acids is 1. The van der Waals surface area contributed by atoms with Crippen LogP contribution in [-0.4, -0.2) is 30.4 Å². The van der Waals surface area contributed by atoms with Crippen molar-refractivity contribution in [3.05, 3.63) is 23.3 Å². The maximum absolute atomic E-state index is 10.9. The van der Waals surface area contributed by atoms with Gasteiger partial charge in [0.05, 0.1) is 14.2 Å². The van der Waals surface area contributed by atoms with E-state index >= 15 is 0 Å². The fraction of sp³-hybridized carbons (Fsp3) is 0.417. The van der Waals surface area contributed by atoms with E-state index < -0.39 is 12.1 Å². The molecule has 94 valence electrons. The Morgan fingerprint density at radius 2 is 2.00 bits per heavy atom. The minimum absolute atomic E-state index is 0.252. The Bertz CT molecular complexity index is 414. The molecule has 0 saturated carbocycles. The fourth-order valence-corrected chi connectivity index (χ4v) is 1.72. The van der Waals surface area contributed by atoms with Gasteiger partial charge < -0.3 is 19.7 Å². The molecule has 0 aliphatic carbocycles. The van der Waals surface area contributed by atoms with Crippen LogP contribution in [0.5, 0.6) is 11.5 Å². The Morgan fingerprint density at radius 3 is 2.41 bits per heavy atom. The topological polar surface area (TPSA) is 76.0 Å². The van der Waals surface area contributed by atoms with Crippen molar-refractivity contribution < 1.29 is 24.5 Å². The molecule has 5 heteroatoms. The van der Waals surface area contributed by atoms with Gasteiger partial charge in [0.15, 0.2) is 17.6 Å². The SMILES string of the molecule is CCc1ccc(OC)c(OC)c1C(O)C(=O)O. The molecule has 0 aliphatic rings. The highest BCUT2D eigenvalue weighted by atomic mass is 16.5. The van der Waals surface area contributed by atoms with E-state index in [4.69, 9.17) is 14.6 Å². The normalized spacial score (nSPS) is 12.0. The lowest BCUT2D eigenvalue weighted by Gasteiger charge is -2.18. The van der Waals surface area contributed by atoms with Gasteiger partial charge in [-0.1, -0.05) is 13.0 Å². The summed E-state index contributed by atoms with van der Waals surface area (Å²) in [5.41, 5.74) is 0.972. The van der Waals surface area contributed by atoms with E-state index in [0.717, 1.165) is 5.56 Å². The summed E-state index contributed by atoms with van der Waals surface area (Å²) in [6.07, 6.45) is -1.02. The Balaban J connectivity index is 3.44. The van der Waals surface area contributed by atoms with E-state index in [0.29, 0.717) is 12.2 Å². The Morgan fingerprint density at radius 1 is 1.35 bits per heavy atom. The number of aliphatic hydroxyl groups is 1. The molecule has 0 radical (unpaired) electrons. The summed E-state index contributed by atoms with van der Waals surface area (Å²) in [5.74, 6) is -0.645. The van der Waals surface area contributed by atoms with Gasteiger partial charge in [-0.2, -0.15) is 0 Å². The minimum Gasteiger partial charge on any atom is -0.493 e. The van der Waals surface area contributed by atoms with Crippen molar-refractivity contribution in [2.75, 3.05) is 14.2 Å². The van der Waals surface area contributed by atoms with Gasteiger partial charge >= 0.3 is 5.97 Å². The average Bonchev–Trinajstić information content (AvgIpc) is 2.35. The molecule has 0 heterocycles. The lowest BCUT2D eigenvalue weighted by molar-refractivity contribution is -0.147. The highest BCUT2D eigenvalue weighted by Crippen LogP contribution is 2.37. The number of aryl methyl sites for hydroxylation is 1. The summed E-state index contributed by atoms with van der Waals surface area (Å²) in [4.78, 5) is 10.9. The maximum Gasteiger partial charge on any atom is 0.337 e. The van der Waals surface area contributed by atoms with Crippen LogP contribution in [0.2, 0.25) is 0 Å². The van der Waals surface area contributed by atoms with E-state index in [-0.39, 0.29) is 11.3 Å². The standard InChI is InChI=1S/C12H16O5/c1-4-7-5-6-8(16-2)11(17-3)9(7)10(13)12(14)15/h5-6,10,13H,4H2,1-3H3,(H,14,15). The van der Waals surface area contributed by atoms with Crippen molar-refractivity contribution in [1.82, 2.24) is 0 Å². The molecule has 1 unspecified atom stereocenters. The molecule has 0 bridgehead atoms. The van der Waals surface area contributed by atoms with Crippen LogP contribution in [-0.2, 0) is 11.2 Å². The first kappa shape index (κ1) is 13.3. The van der Waals surface area contributed by atoms with Gasteiger partial charge in [0, 0.05) is 5.56 Å². The summed E-state index contributed by atoms with van der Waals surface area (Å²) in [6, 6.07) is 3.42. The quantitative estimate of drug-likeness (QED) is 0.813. The zero-order chi connectivity index (χ0) is 13.0. The average molecular weight is 240 g/mol. The molecule has 0 aromatic heterocycles. The van der Waals surface area contributed by atoms with Gasteiger partial charge in [0.25, 0.3) is 0 Å². The van der Waals surface area contributed by atoms with Crippen molar-refractivity contribution in [3.63, 3.8) is 0 Å².